The number of ketones is 1. The standard InChI is InChI=1S/C13H18O4S/c1-18(15,16)11-5-6-12(14)9-10-17-13-7-3-2-4-8-13/h2-4,7-8H,5-6,9-11H2,1H3. The van der Waals surface area contributed by atoms with Gasteiger partial charge in [0.05, 0.1) is 12.4 Å². The van der Waals surface area contributed by atoms with Crippen molar-refractivity contribution < 1.29 is 17.9 Å². The Morgan fingerprint density at radius 2 is 1.83 bits per heavy atom. The molecule has 0 bridgehead atoms. The number of rotatable bonds is 8. The molecule has 0 aliphatic heterocycles. The molecule has 0 N–H and O–H groups in total. The van der Waals surface area contributed by atoms with Gasteiger partial charge in [-0.15, -0.1) is 0 Å². The minimum Gasteiger partial charge on any atom is -0.493 e. The van der Waals surface area contributed by atoms with E-state index >= 15 is 0 Å². The highest BCUT2D eigenvalue weighted by atomic mass is 32.2. The Labute approximate surface area is 108 Å². The van der Waals surface area contributed by atoms with E-state index in [4.69, 9.17) is 4.74 Å². The molecule has 0 atom stereocenters. The zero-order chi connectivity index (χ0) is 13.4. The van der Waals surface area contributed by atoms with Crippen LogP contribution in [0.25, 0.3) is 0 Å². The van der Waals surface area contributed by atoms with Gasteiger partial charge in [0.15, 0.2) is 0 Å². The van der Waals surface area contributed by atoms with Crippen LogP contribution in [0.3, 0.4) is 0 Å². The number of carbonyl (C=O) groups excluding carboxylic acids is 1. The summed E-state index contributed by atoms with van der Waals surface area (Å²) in [6.07, 6.45) is 2.18. The Morgan fingerprint density at radius 3 is 2.44 bits per heavy atom. The molecule has 1 aromatic carbocycles. The third-order valence-electron chi connectivity index (χ3n) is 2.36. The molecule has 0 fully saturated rings. The zero-order valence-corrected chi connectivity index (χ0v) is 11.3. The highest BCUT2D eigenvalue weighted by Gasteiger charge is 2.06. The lowest BCUT2D eigenvalue weighted by atomic mass is 10.2. The van der Waals surface area contributed by atoms with Crippen molar-refractivity contribution in [3.05, 3.63) is 30.3 Å². The number of benzene rings is 1. The molecule has 0 amide bonds. The summed E-state index contributed by atoms with van der Waals surface area (Å²) >= 11 is 0. The van der Waals surface area contributed by atoms with Gasteiger partial charge in [0.2, 0.25) is 0 Å². The second kappa shape index (κ2) is 7.16. The second-order valence-corrected chi connectivity index (χ2v) is 6.44. The van der Waals surface area contributed by atoms with E-state index < -0.39 is 9.84 Å². The van der Waals surface area contributed by atoms with Crippen molar-refractivity contribution in [2.75, 3.05) is 18.6 Å². The van der Waals surface area contributed by atoms with Crippen LogP contribution in [-0.4, -0.2) is 32.8 Å². The van der Waals surface area contributed by atoms with Crippen molar-refractivity contribution in [1.82, 2.24) is 0 Å². The van der Waals surface area contributed by atoms with Gasteiger partial charge in [-0.25, -0.2) is 8.42 Å². The molecule has 0 unspecified atom stereocenters. The highest BCUT2D eigenvalue weighted by Crippen LogP contribution is 2.09. The highest BCUT2D eigenvalue weighted by molar-refractivity contribution is 7.90. The van der Waals surface area contributed by atoms with Crippen LogP contribution in [-0.2, 0) is 14.6 Å². The minimum atomic E-state index is -2.97. The topological polar surface area (TPSA) is 60.4 Å². The largest absolute Gasteiger partial charge is 0.493 e. The summed E-state index contributed by atoms with van der Waals surface area (Å²) in [7, 11) is -2.97. The molecular formula is C13H18O4S. The fraction of sp³-hybridized carbons (Fsp3) is 0.462. The van der Waals surface area contributed by atoms with E-state index in [1.807, 2.05) is 30.3 Å². The quantitative estimate of drug-likeness (QED) is 0.723. The van der Waals surface area contributed by atoms with Crippen LogP contribution in [0.1, 0.15) is 19.3 Å². The summed E-state index contributed by atoms with van der Waals surface area (Å²) in [6, 6.07) is 9.28. The van der Waals surface area contributed by atoms with Gasteiger partial charge in [-0.1, -0.05) is 18.2 Å². The SMILES string of the molecule is CS(=O)(=O)CCCC(=O)CCOc1ccccc1. The van der Waals surface area contributed by atoms with Gasteiger partial charge in [0.25, 0.3) is 0 Å². The predicted molar refractivity (Wildman–Crippen MR) is 70.5 cm³/mol. The minimum absolute atomic E-state index is 0.0366. The summed E-state index contributed by atoms with van der Waals surface area (Å²) in [5.74, 6) is 0.842. The van der Waals surface area contributed by atoms with Crippen LogP contribution in [0, 0.1) is 0 Å². The fourth-order valence-corrected chi connectivity index (χ4v) is 2.12. The first-order chi connectivity index (χ1) is 8.47. The van der Waals surface area contributed by atoms with Gasteiger partial charge >= 0.3 is 0 Å². The van der Waals surface area contributed by atoms with E-state index in [2.05, 4.69) is 0 Å². The monoisotopic (exact) mass is 270 g/mol. The van der Waals surface area contributed by atoms with Crippen molar-refractivity contribution in [2.24, 2.45) is 0 Å². The average Bonchev–Trinajstić information content (AvgIpc) is 2.28. The molecule has 1 aromatic rings. The van der Waals surface area contributed by atoms with Crippen molar-refractivity contribution in [1.29, 1.82) is 0 Å². The zero-order valence-electron chi connectivity index (χ0n) is 10.5. The maximum atomic E-state index is 11.4. The molecule has 5 heteroatoms. The average molecular weight is 270 g/mol. The van der Waals surface area contributed by atoms with E-state index in [-0.39, 0.29) is 11.5 Å². The summed E-state index contributed by atoms with van der Waals surface area (Å²) < 4.78 is 27.1. The van der Waals surface area contributed by atoms with E-state index in [1.165, 1.54) is 6.26 Å². The number of hydrogen-bond donors (Lipinski definition) is 0. The number of hydrogen-bond acceptors (Lipinski definition) is 4. The molecule has 4 nitrogen and oxygen atoms in total. The Kier molecular flexibility index (Phi) is 5.85. The third-order valence-corrected chi connectivity index (χ3v) is 3.39. The first-order valence-electron chi connectivity index (χ1n) is 5.84. The molecular weight excluding hydrogens is 252 g/mol. The van der Waals surface area contributed by atoms with Crippen LogP contribution < -0.4 is 4.74 Å². The summed E-state index contributed by atoms with van der Waals surface area (Å²) in [5.41, 5.74) is 0. The maximum Gasteiger partial charge on any atom is 0.147 e. The Morgan fingerprint density at radius 1 is 1.17 bits per heavy atom. The molecule has 0 heterocycles. The summed E-state index contributed by atoms with van der Waals surface area (Å²) in [6.45, 7) is 0.335. The number of Topliss-reactive ketones (excluding diaryl/α,β-unsaturated/α-hetero) is 1. The molecule has 1 rings (SSSR count). The molecule has 0 aliphatic carbocycles. The van der Waals surface area contributed by atoms with Crippen LogP contribution in [0.15, 0.2) is 30.3 Å². The van der Waals surface area contributed by atoms with Crippen LogP contribution in [0.2, 0.25) is 0 Å². The number of para-hydroxylation sites is 1. The van der Waals surface area contributed by atoms with Crippen molar-refractivity contribution >= 4 is 15.6 Å². The van der Waals surface area contributed by atoms with Gasteiger partial charge in [0, 0.05) is 19.1 Å². The Hall–Kier alpha value is -1.36. The second-order valence-electron chi connectivity index (χ2n) is 4.18. The Bertz CT molecular complexity index is 465. The fourth-order valence-electron chi connectivity index (χ4n) is 1.46. The maximum absolute atomic E-state index is 11.4. The van der Waals surface area contributed by atoms with E-state index in [0.29, 0.717) is 25.9 Å². The molecule has 100 valence electrons. The lowest BCUT2D eigenvalue weighted by Crippen LogP contribution is -2.09. The number of ether oxygens (including phenoxy) is 1. The smallest absolute Gasteiger partial charge is 0.147 e. The number of sulfone groups is 1. The number of carbonyl (C=O) groups is 1. The normalized spacial score (nSPS) is 11.2. The molecule has 0 aliphatic rings. The third kappa shape index (κ3) is 7.06. The predicted octanol–water partition coefficient (Wildman–Crippen LogP) is 1.85. The Balaban J connectivity index is 2.14. The molecule has 0 spiro atoms. The molecule has 18 heavy (non-hydrogen) atoms. The lowest BCUT2D eigenvalue weighted by Gasteiger charge is -2.05. The van der Waals surface area contributed by atoms with Crippen molar-refractivity contribution in [2.45, 2.75) is 19.3 Å². The summed E-state index contributed by atoms with van der Waals surface area (Å²) in [4.78, 5) is 11.4. The van der Waals surface area contributed by atoms with Crippen LogP contribution in [0.4, 0.5) is 0 Å². The lowest BCUT2D eigenvalue weighted by molar-refractivity contribution is -0.119. The molecule has 0 aromatic heterocycles. The molecule has 0 saturated heterocycles. The van der Waals surface area contributed by atoms with Gasteiger partial charge in [-0.2, -0.15) is 0 Å². The van der Waals surface area contributed by atoms with Crippen molar-refractivity contribution in [3.63, 3.8) is 0 Å². The van der Waals surface area contributed by atoms with Gasteiger partial charge < -0.3 is 4.74 Å². The van der Waals surface area contributed by atoms with Gasteiger partial charge in [0.1, 0.15) is 21.4 Å². The van der Waals surface area contributed by atoms with E-state index in [0.717, 1.165) is 5.75 Å². The first kappa shape index (κ1) is 14.7. The first-order valence-corrected chi connectivity index (χ1v) is 7.91. The van der Waals surface area contributed by atoms with Crippen LogP contribution in [0.5, 0.6) is 5.75 Å². The van der Waals surface area contributed by atoms with Crippen LogP contribution >= 0.6 is 0 Å². The summed E-state index contributed by atoms with van der Waals surface area (Å²) in [5, 5.41) is 0. The molecule has 0 radical (unpaired) electrons. The van der Waals surface area contributed by atoms with Gasteiger partial charge in [-0.05, 0) is 18.6 Å². The van der Waals surface area contributed by atoms with Crippen molar-refractivity contribution in [3.8, 4) is 5.75 Å². The van der Waals surface area contributed by atoms with E-state index in [1.54, 1.807) is 0 Å². The van der Waals surface area contributed by atoms with E-state index in [9.17, 15) is 13.2 Å². The van der Waals surface area contributed by atoms with Gasteiger partial charge in [-0.3, -0.25) is 4.79 Å². The molecule has 0 saturated carbocycles.